The maximum absolute atomic E-state index is 6.14. The fourth-order valence-corrected chi connectivity index (χ4v) is 2.28. The number of rotatable bonds is 7. The van der Waals surface area contributed by atoms with Crippen molar-refractivity contribution < 1.29 is 0 Å². The van der Waals surface area contributed by atoms with Crippen LogP contribution in [0.1, 0.15) is 42.5 Å². The molecule has 2 rings (SSSR count). The second-order valence-corrected chi connectivity index (χ2v) is 5.40. The van der Waals surface area contributed by atoms with Gasteiger partial charge in [-0.15, -0.1) is 0 Å². The molecule has 2 heterocycles. The predicted octanol–water partition coefficient (Wildman–Crippen LogP) is 2.74. The number of hydrogen-bond donors (Lipinski definition) is 2. The first-order valence-electron chi connectivity index (χ1n) is 7.03. The summed E-state index contributed by atoms with van der Waals surface area (Å²) in [5.74, 6) is 0.978. The minimum atomic E-state index is 0.575. The molecular formula is C14H22ClN5. The smallest absolute Gasteiger partial charge is 0.151 e. The first kappa shape index (κ1) is 15.1. The summed E-state index contributed by atoms with van der Waals surface area (Å²) in [5, 5.41) is 8.18. The Morgan fingerprint density at radius 2 is 2.20 bits per heavy atom. The molecule has 20 heavy (non-hydrogen) atoms. The molecule has 0 saturated carbocycles. The quantitative estimate of drug-likeness (QED) is 0.826. The van der Waals surface area contributed by atoms with E-state index in [1.54, 1.807) is 0 Å². The molecule has 2 N–H and O–H groups in total. The number of hydrogen-bond acceptors (Lipinski definition) is 3. The molecule has 0 radical (unpaired) electrons. The Labute approximate surface area is 124 Å². The molecule has 0 aromatic carbocycles. The fraction of sp³-hybridized carbons (Fsp3) is 0.571. The number of nitrogens with zero attached hydrogens (tertiary/aromatic N) is 3. The van der Waals surface area contributed by atoms with E-state index < -0.39 is 0 Å². The molecule has 0 fully saturated rings. The SMILES string of the molecule is CCCCc1nc(Cl)c(CNCc2cnn(C)c2C)[nH]1. The van der Waals surface area contributed by atoms with E-state index in [2.05, 4.69) is 34.2 Å². The van der Waals surface area contributed by atoms with Gasteiger partial charge in [-0.3, -0.25) is 4.68 Å². The molecule has 110 valence electrons. The second kappa shape index (κ2) is 6.90. The lowest BCUT2D eigenvalue weighted by molar-refractivity contribution is 0.672. The van der Waals surface area contributed by atoms with Crippen molar-refractivity contribution in [3.8, 4) is 0 Å². The number of imidazole rings is 1. The number of nitrogens with one attached hydrogen (secondary N) is 2. The van der Waals surface area contributed by atoms with Gasteiger partial charge in [0.2, 0.25) is 0 Å². The molecule has 0 atom stereocenters. The highest BCUT2D eigenvalue weighted by Gasteiger charge is 2.08. The van der Waals surface area contributed by atoms with E-state index in [1.807, 2.05) is 17.9 Å². The van der Waals surface area contributed by atoms with Gasteiger partial charge in [0.1, 0.15) is 5.82 Å². The van der Waals surface area contributed by atoms with E-state index in [9.17, 15) is 0 Å². The molecule has 6 heteroatoms. The Hall–Kier alpha value is -1.33. The topological polar surface area (TPSA) is 58.5 Å². The Bertz CT molecular complexity index is 558. The third-order valence-corrected chi connectivity index (χ3v) is 3.81. The van der Waals surface area contributed by atoms with Crippen molar-refractivity contribution in [1.82, 2.24) is 25.1 Å². The maximum atomic E-state index is 6.14. The van der Waals surface area contributed by atoms with Crippen molar-refractivity contribution in [3.05, 3.63) is 34.1 Å². The Balaban J connectivity index is 1.87. The number of aryl methyl sites for hydroxylation is 2. The highest BCUT2D eigenvalue weighted by Crippen LogP contribution is 2.14. The summed E-state index contributed by atoms with van der Waals surface area (Å²) in [5.41, 5.74) is 3.34. The number of aromatic amines is 1. The van der Waals surface area contributed by atoms with E-state index in [4.69, 9.17) is 11.6 Å². The summed E-state index contributed by atoms with van der Waals surface area (Å²) < 4.78 is 1.88. The minimum absolute atomic E-state index is 0.575. The van der Waals surface area contributed by atoms with Gasteiger partial charge in [-0.2, -0.15) is 5.10 Å². The largest absolute Gasteiger partial charge is 0.344 e. The molecule has 0 bridgehead atoms. The third kappa shape index (κ3) is 3.61. The van der Waals surface area contributed by atoms with Gasteiger partial charge in [0.15, 0.2) is 5.15 Å². The van der Waals surface area contributed by atoms with Crippen molar-refractivity contribution in [2.45, 2.75) is 46.2 Å². The summed E-state index contributed by atoms with van der Waals surface area (Å²) in [6.07, 6.45) is 5.14. The zero-order chi connectivity index (χ0) is 14.5. The van der Waals surface area contributed by atoms with E-state index in [0.29, 0.717) is 11.7 Å². The van der Waals surface area contributed by atoms with Crippen LogP contribution in [0.25, 0.3) is 0 Å². The summed E-state index contributed by atoms with van der Waals surface area (Å²) in [7, 11) is 1.95. The van der Waals surface area contributed by atoms with Crippen LogP contribution in [-0.2, 0) is 26.6 Å². The van der Waals surface area contributed by atoms with Gasteiger partial charge in [0, 0.05) is 37.8 Å². The molecule has 0 aliphatic rings. The van der Waals surface area contributed by atoms with Gasteiger partial charge in [-0.05, 0) is 13.3 Å². The predicted molar refractivity (Wildman–Crippen MR) is 80.7 cm³/mol. The van der Waals surface area contributed by atoms with Crippen LogP contribution in [0.15, 0.2) is 6.20 Å². The highest BCUT2D eigenvalue weighted by molar-refractivity contribution is 6.30. The third-order valence-electron chi connectivity index (χ3n) is 3.50. The summed E-state index contributed by atoms with van der Waals surface area (Å²) in [4.78, 5) is 7.64. The standard InChI is InChI=1S/C14H22ClN5/c1-4-5-6-13-18-12(14(15)19-13)9-16-7-11-8-17-20(3)10(11)2/h8,16H,4-7,9H2,1-3H3,(H,18,19). The van der Waals surface area contributed by atoms with Crippen molar-refractivity contribution in [2.75, 3.05) is 0 Å². The number of H-pyrrole nitrogens is 1. The monoisotopic (exact) mass is 295 g/mol. The lowest BCUT2D eigenvalue weighted by atomic mass is 10.2. The summed E-state index contributed by atoms with van der Waals surface area (Å²) in [6.45, 7) is 5.70. The molecule has 0 amide bonds. The highest BCUT2D eigenvalue weighted by atomic mass is 35.5. The van der Waals surface area contributed by atoms with Crippen LogP contribution in [0.3, 0.4) is 0 Å². The van der Waals surface area contributed by atoms with Gasteiger partial charge in [0.25, 0.3) is 0 Å². The van der Waals surface area contributed by atoms with Crippen LogP contribution < -0.4 is 5.32 Å². The number of aromatic nitrogens is 4. The average Bonchev–Trinajstić information content (AvgIpc) is 2.94. The Kier molecular flexibility index (Phi) is 5.20. The van der Waals surface area contributed by atoms with Crippen molar-refractivity contribution in [1.29, 1.82) is 0 Å². The summed E-state index contributed by atoms with van der Waals surface area (Å²) >= 11 is 6.14. The maximum Gasteiger partial charge on any atom is 0.151 e. The van der Waals surface area contributed by atoms with Gasteiger partial charge < -0.3 is 10.3 Å². The molecule has 2 aromatic heterocycles. The van der Waals surface area contributed by atoms with Crippen LogP contribution >= 0.6 is 11.6 Å². The van der Waals surface area contributed by atoms with Crippen LogP contribution in [0.2, 0.25) is 5.15 Å². The fourth-order valence-electron chi connectivity index (χ4n) is 2.06. The van der Waals surface area contributed by atoms with Crippen LogP contribution in [0.5, 0.6) is 0 Å². The van der Waals surface area contributed by atoms with Gasteiger partial charge in [-0.1, -0.05) is 24.9 Å². The van der Waals surface area contributed by atoms with E-state index >= 15 is 0 Å². The van der Waals surface area contributed by atoms with Crippen molar-refractivity contribution in [2.24, 2.45) is 7.05 Å². The molecule has 0 saturated heterocycles. The molecule has 5 nitrogen and oxygen atoms in total. The Morgan fingerprint density at radius 3 is 2.85 bits per heavy atom. The van der Waals surface area contributed by atoms with Gasteiger partial charge in [-0.25, -0.2) is 4.98 Å². The normalized spacial score (nSPS) is 11.2. The van der Waals surface area contributed by atoms with Crippen molar-refractivity contribution in [3.63, 3.8) is 0 Å². The number of unbranched alkanes of at least 4 members (excludes halogenated alkanes) is 1. The lowest BCUT2D eigenvalue weighted by Gasteiger charge is -2.03. The second-order valence-electron chi connectivity index (χ2n) is 5.04. The zero-order valence-electron chi connectivity index (χ0n) is 12.3. The molecule has 0 aliphatic carbocycles. The van der Waals surface area contributed by atoms with Gasteiger partial charge >= 0.3 is 0 Å². The van der Waals surface area contributed by atoms with E-state index in [0.717, 1.165) is 37.3 Å². The molecule has 2 aromatic rings. The molecule has 0 spiro atoms. The van der Waals surface area contributed by atoms with Crippen LogP contribution in [0.4, 0.5) is 0 Å². The van der Waals surface area contributed by atoms with Crippen molar-refractivity contribution >= 4 is 11.6 Å². The zero-order valence-corrected chi connectivity index (χ0v) is 13.1. The Morgan fingerprint density at radius 1 is 1.40 bits per heavy atom. The number of halogens is 1. The minimum Gasteiger partial charge on any atom is -0.344 e. The molecule has 0 unspecified atom stereocenters. The van der Waals surface area contributed by atoms with Crippen LogP contribution in [0, 0.1) is 6.92 Å². The van der Waals surface area contributed by atoms with E-state index in [1.165, 1.54) is 11.3 Å². The first-order valence-corrected chi connectivity index (χ1v) is 7.41. The van der Waals surface area contributed by atoms with E-state index in [-0.39, 0.29) is 0 Å². The lowest BCUT2D eigenvalue weighted by Crippen LogP contribution is -2.14. The molecular weight excluding hydrogens is 274 g/mol. The average molecular weight is 296 g/mol. The first-order chi connectivity index (χ1) is 9.61. The molecule has 0 aliphatic heterocycles. The van der Waals surface area contributed by atoms with Crippen LogP contribution in [-0.4, -0.2) is 19.7 Å². The van der Waals surface area contributed by atoms with Gasteiger partial charge in [0.05, 0.1) is 11.9 Å². The summed E-state index contributed by atoms with van der Waals surface area (Å²) in [6, 6.07) is 0.